The van der Waals surface area contributed by atoms with E-state index in [1.807, 2.05) is 36.6 Å². The van der Waals surface area contributed by atoms with Crippen LogP contribution in [0, 0.1) is 6.92 Å². The van der Waals surface area contributed by atoms with Crippen molar-refractivity contribution in [3.8, 4) is 16.9 Å². The van der Waals surface area contributed by atoms with Crippen LogP contribution >= 0.6 is 34.5 Å². The Labute approximate surface area is 175 Å². The molecule has 0 N–H and O–H groups in total. The van der Waals surface area contributed by atoms with E-state index < -0.39 is 0 Å². The van der Waals surface area contributed by atoms with Crippen LogP contribution < -0.4 is 10.3 Å². The second kappa shape index (κ2) is 7.59. The van der Waals surface area contributed by atoms with E-state index >= 15 is 0 Å². The van der Waals surface area contributed by atoms with Gasteiger partial charge >= 0.3 is 0 Å². The first kappa shape index (κ1) is 19.0. The van der Waals surface area contributed by atoms with E-state index in [4.69, 9.17) is 27.9 Å². The van der Waals surface area contributed by atoms with Crippen LogP contribution in [-0.2, 0) is 6.54 Å². The SMILES string of the molecule is COc1ccc(-c2csc3nc(C)n(Cc4c(Cl)cccc4Cl)c(=O)c23)cc1. The van der Waals surface area contributed by atoms with Gasteiger partial charge in [-0.1, -0.05) is 41.4 Å². The molecule has 2 aromatic carbocycles. The molecule has 0 aliphatic heterocycles. The molecular formula is C21H16Cl2N2O2S. The van der Waals surface area contributed by atoms with Crippen LogP contribution in [-0.4, -0.2) is 16.7 Å². The summed E-state index contributed by atoms with van der Waals surface area (Å²) >= 11 is 14.1. The largest absolute Gasteiger partial charge is 0.497 e. The van der Waals surface area contributed by atoms with Gasteiger partial charge in [-0.15, -0.1) is 11.3 Å². The lowest BCUT2D eigenvalue weighted by molar-refractivity contribution is 0.415. The Morgan fingerprint density at radius 3 is 2.43 bits per heavy atom. The van der Waals surface area contributed by atoms with Gasteiger partial charge in [0.05, 0.1) is 19.0 Å². The third-order valence-corrected chi connectivity index (χ3v) is 6.24. The molecule has 4 rings (SSSR count). The molecule has 0 saturated heterocycles. The van der Waals surface area contributed by atoms with Gasteiger partial charge in [0.2, 0.25) is 0 Å². The average Bonchev–Trinajstić information content (AvgIpc) is 3.11. The Morgan fingerprint density at radius 2 is 1.79 bits per heavy atom. The number of hydrogen-bond acceptors (Lipinski definition) is 4. The number of hydrogen-bond donors (Lipinski definition) is 0. The zero-order chi connectivity index (χ0) is 19.8. The van der Waals surface area contributed by atoms with Crippen LogP contribution in [0.15, 0.2) is 52.6 Å². The zero-order valence-electron chi connectivity index (χ0n) is 15.2. The number of benzene rings is 2. The van der Waals surface area contributed by atoms with Gasteiger partial charge in [0.1, 0.15) is 16.4 Å². The Kier molecular flexibility index (Phi) is 5.15. The quantitative estimate of drug-likeness (QED) is 0.410. The number of ether oxygens (including phenoxy) is 1. The minimum Gasteiger partial charge on any atom is -0.497 e. The molecule has 2 aromatic heterocycles. The predicted octanol–water partition coefficient (Wildman–Crippen LogP) is 5.80. The van der Waals surface area contributed by atoms with Gasteiger partial charge in [0, 0.05) is 26.6 Å². The molecule has 0 spiro atoms. The van der Waals surface area contributed by atoms with Crippen molar-refractivity contribution in [2.45, 2.75) is 13.5 Å². The Bertz CT molecular complexity index is 1210. The van der Waals surface area contributed by atoms with E-state index in [1.54, 1.807) is 29.9 Å². The van der Waals surface area contributed by atoms with Crippen molar-refractivity contribution in [1.29, 1.82) is 0 Å². The number of rotatable bonds is 4. The first-order chi connectivity index (χ1) is 13.5. The number of aromatic nitrogens is 2. The van der Waals surface area contributed by atoms with E-state index in [0.717, 1.165) is 21.7 Å². The molecule has 28 heavy (non-hydrogen) atoms. The summed E-state index contributed by atoms with van der Waals surface area (Å²) in [4.78, 5) is 18.7. The van der Waals surface area contributed by atoms with Gasteiger partial charge in [-0.3, -0.25) is 9.36 Å². The van der Waals surface area contributed by atoms with Crippen molar-refractivity contribution in [2.24, 2.45) is 0 Å². The van der Waals surface area contributed by atoms with Gasteiger partial charge in [-0.05, 0) is 36.8 Å². The fourth-order valence-corrected chi connectivity index (χ4v) is 4.64. The van der Waals surface area contributed by atoms with Crippen molar-refractivity contribution < 1.29 is 4.74 Å². The van der Waals surface area contributed by atoms with Crippen LogP contribution in [0.4, 0.5) is 0 Å². The van der Waals surface area contributed by atoms with E-state index in [-0.39, 0.29) is 12.1 Å². The van der Waals surface area contributed by atoms with Gasteiger partial charge in [-0.25, -0.2) is 4.98 Å². The van der Waals surface area contributed by atoms with E-state index in [0.29, 0.717) is 26.8 Å². The highest BCUT2D eigenvalue weighted by molar-refractivity contribution is 7.17. The second-order valence-corrected chi connectivity index (χ2v) is 7.98. The molecule has 0 bridgehead atoms. The van der Waals surface area contributed by atoms with Crippen LogP contribution in [0.2, 0.25) is 10.0 Å². The molecule has 0 aliphatic carbocycles. The van der Waals surface area contributed by atoms with Crippen LogP contribution in [0.1, 0.15) is 11.4 Å². The van der Waals surface area contributed by atoms with Gasteiger partial charge in [0.15, 0.2) is 0 Å². The minimum atomic E-state index is -0.106. The molecule has 142 valence electrons. The summed E-state index contributed by atoms with van der Waals surface area (Å²) in [5.41, 5.74) is 2.40. The molecule has 0 unspecified atom stereocenters. The van der Waals surface area contributed by atoms with Crippen molar-refractivity contribution in [1.82, 2.24) is 9.55 Å². The summed E-state index contributed by atoms with van der Waals surface area (Å²) in [5.74, 6) is 1.39. The van der Waals surface area contributed by atoms with Crippen molar-refractivity contribution in [3.63, 3.8) is 0 Å². The summed E-state index contributed by atoms with van der Waals surface area (Å²) in [7, 11) is 1.63. The molecule has 4 aromatic rings. The first-order valence-electron chi connectivity index (χ1n) is 8.55. The highest BCUT2D eigenvalue weighted by Crippen LogP contribution is 2.32. The van der Waals surface area contributed by atoms with E-state index in [2.05, 4.69) is 4.98 Å². The molecule has 0 saturated carbocycles. The first-order valence-corrected chi connectivity index (χ1v) is 10.2. The molecule has 2 heterocycles. The van der Waals surface area contributed by atoms with Gasteiger partial charge in [-0.2, -0.15) is 0 Å². The molecule has 7 heteroatoms. The molecule has 0 atom stereocenters. The number of nitrogens with zero attached hydrogens (tertiary/aromatic N) is 2. The Morgan fingerprint density at radius 1 is 1.11 bits per heavy atom. The van der Waals surface area contributed by atoms with Gasteiger partial charge < -0.3 is 4.74 Å². The Balaban J connectivity index is 1.88. The number of methoxy groups -OCH3 is 1. The number of halogens is 2. The maximum Gasteiger partial charge on any atom is 0.263 e. The second-order valence-electron chi connectivity index (χ2n) is 6.31. The van der Waals surface area contributed by atoms with Crippen LogP contribution in [0.3, 0.4) is 0 Å². The lowest BCUT2D eigenvalue weighted by atomic mass is 10.1. The highest BCUT2D eigenvalue weighted by Gasteiger charge is 2.17. The normalized spacial score (nSPS) is 11.1. The number of thiophene rings is 1. The molecule has 0 radical (unpaired) electrons. The topological polar surface area (TPSA) is 44.1 Å². The van der Waals surface area contributed by atoms with Crippen molar-refractivity contribution >= 4 is 44.8 Å². The summed E-state index contributed by atoms with van der Waals surface area (Å²) in [5, 5.41) is 3.62. The minimum absolute atomic E-state index is 0.106. The van der Waals surface area contributed by atoms with E-state index in [9.17, 15) is 4.79 Å². The smallest absolute Gasteiger partial charge is 0.263 e. The van der Waals surface area contributed by atoms with Crippen molar-refractivity contribution in [2.75, 3.05) is 7.11 Å². The standard InChI is InChI=1S/C21H16Cl2N2O2S/c1-12-24-20-19(16(11-28-20)13-6-8-14(27-2)9-7-13)21(26)25(12)10-15-17(22)4-3-5-18(15)23/h3-9,11H,10H2,1-2H3. The fourth-order valence-electron chi connectivity index (χ4n) is 3.14. The molecular weight excluding hydrogens is 415 g/mol. The van der Waals surface area contributed by atoms with Gasteiger partial charge in [0.25, 0.3) is 5.56 Å². The highest BCUT2D eigenvalue weighted by atomic mass is 35.5. The molecule has 0 aliphatic rings. The lowest BCUT2D eigenvalue weighted by Gasteiger charge is -2.12. The number of aryl methyl sites for hydroxylation is 1. The average molecular weight is 431 g/mol. The predicted molar refractivity (Wildman–Crippen MR) is 116 cm³/mol. The van der Waals surface area contributed by atoms with Crippen LogP contribution in [0.25, 0.3) is 21.3 Å². The zero-order valence-corrected chi connectivity index (χ0v) is 17.5. The third kappa shape index (κ3) is 3.30. The summed E-state index contributed by atoms with van der Waals surface area (Å²) in [6.07, 6.45) is 0. The summed E-state index contributed by atoms with van der Waals surface area (Å²) in [6.45, 7) is 2.09. The maximum atomic E-state index is 13.4. The maximum absolute atomic E-state index is 13.4. The van der Waals surface area contributed by atoms with Crippen molar-refractivity contribution in [3.05, 3.63) is 79.6 Å². The third-order valence-electron chi connectivity index (χ3n) is 4.66. The fraction of sp³-hybridized carbons (Fsp3) is 0.143. The monoisotopic (exact) mass is 430 g/mol. The number of fused-ring (bicyclic) bond motifs is 1. The molecule has 0 amide bonds. The molecule has 4 nitrogen and oxygen atoms in total. The molecule has 0 fully saturated rings. The summed E-state index contributed by atoms with van der Waals surface area (Å²) < 4.78 is 6.84. The summed E-state index contributed by atoms with van der Waals surface area (Å²) in [6, 6.07) is 13.0. The Hall–Kier alpha value is -2.34. The lowest BCUT2D eigenvalue weighted by Crippen LogP contribution is -2.24. The van der Waals surface area contributed by atoms with E-state index in [1.165, 1.54) is 11.3 Å². The van der Waals surface area contributed by atoms with Crippen LogP contribution in [0.5, 0.6) is 5.75 Å².